The summed E-state index contributed by atoms with van der Waals surface area (Å²) in [7, 11) is 0. The third-order valence-corrected chi connectivity index (χ3v) is 6.57. The van der Waals surface area contributed by atoms with E-state index in [4.69, 9.17) is 0 Å². The number of nitriles is 1. The van der Waals surface area contributed by atoms with E-state index >= 15 is 0 Å². The lowest BCUT2D eigenvalue weighted by Gasteiger charge is -2.14. The molecule has 3 aromatic rings. The SMILES string of the molecule is Cc1nc(SCc2cccc(C(F)(F)F)c2)c(C#N)c(C)c1CC(=O)c1ccc(Br)cc1. The van der Waals surface area contributed by atoms with Crippen LogP contribution in [0.15, 0.2) is 58.0 Å². The van der Waals surface area contributed by atoms with Crippen LogP contribution in [0.3, 0.4) is 0 Å². The molecule has 0 aliphatic heterocycles. The van der Waals surface area contributed by atoms with E-state index in [1.165, 1.54) is 17.8 Å². The van der Waals surface area contributed by atoms with Crippen LogP contribution < -0.4 is 0 Å². The topological polar surface area (TPSA) is 53.8 Å². The maximum Gasteiger partial charge on any atom is 0.416 e. The number of ketones is 1. The minimum atomic E-state index is -4.41. The Balaban J connectivity index is 1.84. The van der Waals surface area contributed by atoms with Crippen molar-refractivity contribution < 1.29 is 18.0 Å². The number of benzene rings is 2. The lowest BCUT2D eigenvalue weighted by atomic mass is 9.96. The van der Waals surface area contributed by atoms with Crippen molar-refractivity contribution in [2.75, 3.05) is 0 Å². The third kappa shape index (κ3) is 5.59. The summed E-state index contributed by atoms with van der Waals surface area (Å²) in [5, 5.41) is 10.1. The molecule has 3 nitrogen and oxygen atoms in total. The monoisotopic (exact) mass is 518 g/mol. The van der Waals surface area contributed by atoms with Crippen molar-refractivity contribution >= 4 is 33.5 Å². The molecule has 164 valence electrons. The summed E-state index contributed by atoms with van der Waals surface area (Å²) in [5.41, 5.74) is 2.66. The number of aromatic nitrogens is 1. The fraction of sp³-hybridized carbons (Fsp3) is 0.208. The Morgan fingerprint density at radius 1 is 1.16 bits per heavy atom. The Morgan fingerprint density at radius 2 is 1.84 bits per heavy atom. The molecular formula is C24H18BrF3N2OS. The highest BCUT2D eigenvalue weighted by molar-refractivity contribution is 9.10. The quantitative estimate of drug-likeness (QED) is 0.258. The number of thioether (sulfide) groups is 1. The molecule has 0 atom stereocenters. The molecule has 0 fully saturated rings. The van der Waals surface area contributed by atoms with Crippen LogP contribution in [0.25, 0.3) is 0 Å². The second-order valence-electron chi connectivity index (χ2n) is 7.19. The van der Waals surface area contributed by atoms with Crippen LogP contribution in [-0.4, -0.2) is 10.8 Å². The molecule has 0 aliphatic rings. The number of rotatable bonds is 6. The summed E-state index contributed by atoms with van der Waals surface area (Å²) < 4.78 is 39.7. The minimum absolute atomic E-state index is 0.0845. The van der Waals surface area contributed by atoms with Crippen molar-refractivity contribution in [2.24, 2.45) is 0 Å². The zero-order chi connectivity index (χ0) is 23.5. The van der Waals surface area contributed by atoms with Gasteiger partial charge in [-0.15, -0.1) is 11.8 Å². The first-order valence-electron chi connectivity index (χ1n) is 9.58. The molecule has 0 unspecified atom stereocenters. The number of aryl methyl sites for hydroxylation is 1. The lowest BCUT2D eigenvalue weighted by molar-refractivity contribution is -0.137. The molecule has 0 saturated carbocycles. The Kier molecular flexibility index (Phi) is 7.42. The van der Waals surface area contributed by atoms with Gasteiger partial charge in [-0.1, -0.05) is 46.3 Å². The van der Waals surface area contributed by atoms with Gasteiger partial charge in [0.2, 0.25) is 0 Å². The highest BCUT2D eigenvalue weighted by Gasteiger charge is 2.30. The van der Waals surface area contributed by atoms with Gasteiger partial charge < -0.3 is 0 Å². The number of carbonyl (C=O) groups excluding carboxylic acids is 1. The zero-order valence-corrected chi connectivity index (χ0v) is 19.7. The van der Waals surface area contributed by atoms with E-state index in [1.807, 2.05) is 0 Å². The fourth-order valence-electron chi connectivity index (χ4n) is 3.24. The standard InChI is InChI=1S/C24H18BrF3N2OS/c1-14-20(11-22(31)17-6-8-19(25)9-7-17)15(2)30-23(21(14)12-29)32-13-16-4-3-5-18(10-16)24(26,27)28/h3-10H,11,13H2,1-2H3. The van der Waals surface area contributed by atoms with Gasteiger partial charge in [-0.2, -0.15) is 18.4 Å². The fourth-order valence-corrected chi connectivity index (χ4v) is 4.53. The molecular weight excluding hydrogens is 501 g/mol. The number of alkyl halides is 3. The van der Waals surface area contributed by atoms with Crippen LogP contribution in [0.4, 0.5) is 13.2 Å². The van der Waals surface area contributed by atoms with Gasteiger partial charge in [-0.3, -0.25) is 4.79 Å². The van der Waals surface area contributed by atoms with E-state index < -0.39 is 11.7 Å². The smallest absolute Gasteiger partial charge is 0.294 e. The van der Waals surface area contributed by atoms with Gasteiger partial charge in [0.1, 0.15) is 11.1 Å². The Bertz CT molecular complexity index is 1200. The van der Waals surface area contributed by atoms with Crippen LogP contribution in [0, 0.1) is 25.2 Å². The first-order chi connectivity index (χ1) is 15.1. The van der Waals surface area contributed by atoms with Crippen molar-refractivity contribution in [3.05, 3.63) is 92.1 Å². The molecule has 32 heavy (non-hydrogen) atoms. The molecule has 3 rings (SSSR count). The molecule has 0 N–H and O–H groups in total. The van der Waals surface area contributed by atoms with E-state index in [0.717, 1.165) is 16.6 Å². The van der Waals surface area contributed by atoms with Gasteiger partial charge in [-0.25, -0.2) is 4.98 Å². The second kappa shape index (κ2) is 9.88. The number of Topliss-reactive ketones (excluding diaryl/α,β-unsaturated/α-hetero) is 1. The van der Waals surface area contributed by atoms with Crippen LogP contribution in [0.5, 0.6) is 0 Å². The molecule has 8 heteroatoms. The molecule has 0 saturated heterocycles. The first-order valence-corrected chi connectivity index (χ1v) is 11.4. The van der Waals surface area contributed by atoms with E-state index in [0.29, 0.717) is 38.5 Å². The second-order valence-corrected chi connectivity index (χ2v) is 9.07. The molecule has 1 heterocycles. The minimum Gasteiger partial charge on any atom is -0.294 e. The summed E-state index contributed by atoms with van der Waals surface area (Å²) in [4.78, 5) is 17.2. The number of carbonyl (C=O) groups is 1. The van der Waals surface area contributed by atoms with Crippen LogP contribution in [-0.2, 0) is 18.3 Å². The van der Waals surface area contributed by atoms with E-state index in [9.17, 15) is 23.2 Å². The molecule has 0 spiro atoms. The summed E-state index contributed by atoms with van der Waals surface area (Å²) in [6.07, 6.45) is -4.30. The summed E-state index contributed by atoms with van der Waals surface area (Å²) in [6.45, 7) is 3.54. The molecule has 0 bridgehead atoms. The van der Waals surface area contributed by atoms with Gasteiger partial charge in [0.05, 0.1) is 11.1 Å². The van der Waals surface area contributed by atoms with Gasteiger partial charge in [0.15, 0.2) is 5.78 Å². The lowest BCUT2D eigenvalue weighted by Crippen LogP contribution is -2.10. The van der Waals surface area contributed by atoms with Gasteiger partial charge in [0, 0.05) is 27.9 Å². The summed E-state index contributed by atoms with van der Waals surface area (Å²) >= 11 is 4.55. The maximum atomic E-state index is 13.0. The van der Waals surface area contributed by atoms with Crippen molar-refractivity contribution in [3.63, 3.8) is 0 Å². The van der Waals surface area contributed by atoms with E-state index in [1.54, 1.807) is 44.2 Å². The van der Waals surface area contributed by atoms with Gasteiger partial charge in [-0.05, 0) is 48.7 Å². The number of halogens is 4. The summed E-state index contributed by atoms with van der Waals surface area (Å²) in [6, 6.07) is 14.3. The van der Waals surface area contributed by atoms with E-state index in [-0.39, 0.29) is 18.0 Å². The van der Waals surface area contributed by atoms with Crippen molar-refractivity contribution in [2.45, 2.75) is 37.2 Å². The Hall–Kier alpha value is -2.63. The average molecular weight is 519 g/mol. The predicted molar refractivity (Wildman–Crippen MR) is 122 cm³/mol. The maximum absolute atomic E-state index is 13.0. The van der Waals surface area contributed by atoms with Crippen LogP contribution >= 0.6 is 27.7 Å². The average Bonchev–Trinajstić information content (AvgIpc) is 2.75. The molecule has 2 aromatic carbocycles. The van der Waals surface area contributed by atoms with Crippen molar-refractivity contribution in [1.82, 2.24) is 4.98 Å². The largest absolute Gasteiger partial charge is 0.416 e. The first kappa shape index (κ1) is 24.0. The summed E-state index contributed by atoms with van der Waals surface area (Å²) in [5.74, 6) is 0.153. The Labute approximate surface area is 196 Å². The number of hydrogen-bond donors (Lipinski definition) is 0. The number of hydrogen-bond acceptors (Lipinski definition) is 4. The predicted octanol–water partition coefficient (Wildman–Crippen LogP) is 7.07. The van der Waals surface area contributed by atoms with Gasteiger partial charge >= 0.3 is 6.18 Å². The zero-order valence-electron chi connectivity index (χ0n) is 17.3. The highest BCUT2D eigenvalue weighted by atomic mass is 79.9. The molecule has 1 aromatic heterocycles. The highest BCUT2D eigenvalue weighted by Crippen LogP contribution is 2.33. The number of nitrogens with zero attached hydrogens (tertiary/aromatic N) is 2. The number of pyridine rings is 1. The normalized spacial score (nSPS) is 11.3. The molecule has 0 radical (unpaired) electrons. The van der Waals surface area contributed by atoms with Crippen LogP contribution in [0.1, 0.15) is 43.9 Å². The third-order valence-electron chi connectivity index (χ3n) is 4.99. The Morgan fingerprint density at radius 3 is 2.47 bits per heavy atom. The van der Waals surface area contributed by atoms with Gasteiger partial charge in [0.25, 0.3) is 0 Å². The van der Waals surface area contributed by atoms with Crippen molar-refractivity contribution in [3.8, 4) is 6.07 Å². The van der Waals surface area contributed by atoms with Crippen molar-refractivity contribution in [1.29, 1.82) is 5.26 Å². The molecule has 0 amide bonds. The van der Waals surface area contributed by atoms with Crippen LogP contribution in [0.2, 0.25) is 0 Å². The van der Waals surface area contributed by atoms with E-state index in [2.05, 4.69) is 27.0 Å². The molecule has 0 aliphatic carbocycles.